The minimum absolute atomic E-state index is 0.172. The van der Waals surface area contributed by atoms with Gasteiger partial charge in [0.1, 0.15) is 11.6 Å². The molecule has 130 valence electrons. The second-order valence-electron chi connectivity index (χ2n) is 5.95. The van der Waals surface area contributed by atoms with E-state index in [1.165, 1.54) is 24.3 Å². The number of nitrogens with one attached hydrogen (secondary N) is 1. The average molecular weight is 345 g/mol. The van der Waals surface area contributed by atoms with Gasteiger partial charge in [0.05, 0.1) is 5.69 Å². The van der Waals surface area contributed by atoms with Crippen LogP contribution in [0.3, 0.4) is 0 Å². The molecule has 1 aliphatic heterocycles. The van der Waals surface area contributed by atoms with Crippen molar-refractivity contribution in [1.29, 1.82) is 0 Å². The van der Waals surface area contributed by atoms with E-state index in [1.807, 2.05) is 0 Å². The minimum Gasteiger partial charge on any atom is -0.367 e. The minimum atomic E-state index is -0.625. The zero-order valence-electron chi connectivity index (χ0n) is 13.3. The lowest BCUT2D eigenvalue weighted by Gasteiger charge is -2.19. The van der Waals surface area contributed by atoms with Crippen LogP contribution < -0.4 is 16.0 Å². The molecule has 0 radical (unpaired) electrons. The van der Waals surface area contributed by atoms with Crippen LogP contribution in [0, 0.1) is 11.6 Å². The summed E-state index contributed by atoms with van der Waals surface area (Å²) in [5, 5.41) is 2.86. The highest BCUT2D eigenvalue weighted by molar-refractivity contribution is 5.99. The van der Waals surface area contributed by atoms with Crippen LogP contribution in [0.5, 0.6) is 0 Å². The number of rotatable bonds is 4. The van der Waals surface area contributed by atoms with Gasteiger partial charge < -0.3 is 16.0 Å². The third-order valence-electron chi connectivity index (χ3n) is 4.18. The zero-order chi connectivity index (χ0) is 18.0. The fraction of sp³-hybridized carbons (Fsp3) is 0.222. The van der Waals surface area contributed by atoms with Gasteiger partial charge >= 0.3 is 0 Å². The van der Waals surface area contributed by atoms with Crippen LogP contribution in [0.2, 0.25) is 0 Å². The molecule has 25 heavy (non-hydrogen) atoms. The summed E-state index contributed by atoms with van der Waals surface area (Å²) in [7, 11) is 0. The predicted octanol–water partition coefficient (Wildman–Crippen LogP) is 2.07. The van der Waals surface area contributed by atoms with Gasteiger partial charge in [-0.1, -0.05) is 6.07 Å². The molecule has 0 spiro atoms. The summed E-state index contributed by atoms with van der Waals surface area (Å²) in [6.45, 7) is 0.971. The van der Waals surface area contributed by atoms with E-state index < -0.39 is 17.5 Å². The Balaban J connectivity index is 1.66. The zero-order valence-corrected chi connectivity index (χ0v) is 13.3. The van der Waals surface area contributed by atoms with Crippen molar-refractivity contribution in [2.75, 3.05) is 18.0 Å². The van der Waals surface area contributed by atoms with Gasteiger partial charge in [-0.05, 0) is 36.8 Å². The van der Waals surface area contributed by atoms with Crippen LogP contribution in [0.25, 0.3) is 0 Å². The Kier molecular flexibility index (Phi) is 4.65. The molecule has 1 fully saturated rings. The fourth-order valence-electron chi connectivity index (χ4n) is 2.92. The van der Waals surface area contributed by atoms with Crippen LogP contribution in [0.4, 0.5) is 14.5 Å². The maximum Gasteiger partial charge on any atom is 0.251 e. The van der Waals surface area contributed by atoms with E-state index in [0.29, 0.717) is 30.8 Å². The molecular formula is C18H17F2N3O2. The summed E-state index contributed by atoms with van der Waals surface area (Å²) < 4.78 is 26.9. The molecule has 2 aromatic carbocycles. The van der Waals surface area contributed by atoms with Crippen molar-refractivity contribution >= 4 is 17.5 Å². The van der Waals surface area contributed by atoms with Crippen molar-refractivity contribution in [2.24, 2.45) is 5.73 Å². The molecule has 0 saturated carbocycles. The second kappa shape index (κ2) is 6.88. The maximum atomic E-state index is 13.9. The van der Waals surface area contributed by atoms with Crippen molar-refractivity contribution in [1.82, 2.24) is 5.32 Å². The summed E-state index contributed by atoms with van der Waals surface area (Å²) in [4.78, 5) is 25.3. The third-order valence-corrected chi connectivity index (χ3v) is 4.18. The summed E-state index contributed by atoms with van der Waals surface area (Å²) >= 11 is 0. The van der Waals surface area contributed by atoms with E-state index in [1.54, 1.807) is 17.0 Å². The highest BCUT2D eigenvalue weighted by Gasteiger charge is 2.26. The number of nitrogens with zero attached hydrogens (tertiary/aromatic N) is 1. The van der Waals surface area contributed by atoms with Gasteiger partial charge in [0.15, 0.2) is 0 Å². The van der Waals surface area contributed by atoms with Gasteiger partial charge in [-0.25, -0.2) is 8.78 Å². The summed E-state index contributed by atoms with van der Waals surface area (Å²) in [6.07, 6.45) is 0.637. The van der Waals surface area contributed by atoms with Crippen LogP contribution in [0.1, 0.15) is 27.1 Å². The molecule has 0 aliphatic carbocycles. The number of carbonyl (C=O) groups excluding carboxylic acids is 2. The first-order valence-corrected chi connectivity index (χ1v) is 7.85. The molecule has 1 saturated heterocycles. The normalized spacial score (nSPS) is 16.7. The van der Waals surface area contributed by atoms with Crippen LogP contribution in [-0.2, 0) is 0 Å². The summed E-state index contributed by atoms with van der Waals surface area (Å²) in [5.41, 5.74) is 6.12. The highest BCUT2D eigenvalue weighted by Crippen LogP contribution is 2.24. The number of hydrogen-bond acceptors (Lipinski definition) is 3. The van der Waals surface area contributed by atoms with Gasteiger partial charge in [-0.3, -0.25) is 9.59 Å². The molecule has 5 nitrogen and oxygen atoms in total. The van der Waals surface area contributed by atoms with E-state index in [-0.39, 0.29) is 17.5 Å². The van der Waals surface area contributed by atoms with Gasteiger partial charge in [-0.2, -0.15) is 0 Å². The number of anilines is 1. The van der Waals surface area contributed by atoms with Crippen LogP contribution in [0.15, 0.2) is 42.5 Å². The molecule has 3 rings (SSSR count). The number of carbonyl (C=O) groups is 2. The smallest absolute Gasteiger partial charge is 0.251 e. The Morgan fingerprint density at radius 1 is 1.12 bits per heavy atom. The number of benzene rings is 2. The van der Waals surface area contributed by atoms with Crippen molar-refractivity contribution in [3.63, 3.8) is 0 Å². The summed E-state index contributed by atoms with van der Waals surface area (Å²) in [5.74, 6) is -2.18. The first-order valence-electron chi connectivity index (χ1n) is 7.85. The Morgan fingerprint density at radius 2 is 1.88 bits per heavy atom. The van der Waals surface area contributed by atoms with Crippen LogP contribution >= 0.6 is 0 Å². The summed E-state index contributed by atoms with van der Waals surface area (Å²) in [6, 6.07) is 9.42. The van der Waals surface area contributed by atoms with Crippen molar-refractivity contribution < 1.29 is 18.4 Å². The molecule has 3 N–H and O–H groups in total. The predicted molar refractivity (Wildman–Crippen MR) is 89.4 cm³/mol. The molecule has 1 aliphatic rings. The molecule has 7 heteroatoms. The van der Waals surface area contributed by atoms with Crippen LogP contribution in [-0.4, -0.2) is 30.9 Å². The Hall–Kier alpha value is -2.96. The number of hydrogen-bond donors (Lipinski definition) is 2. The molecule has 1 heterocycles. The molecule has 2 amide bonds. The topological polar surface area (TPSA) is 75.4 Å². The standard InChI is InChI=1S/C18H17F2N3O2/c19-13-4-5-16(15(20)9-13)23-7-6-14(10-23)22-18(25)12-3-1-2-11(8-12)17(21)24/h1-5,8-9,14H,6-7,10H2,(H2,21,24)(H,22,25)/t14-/m1/s1. The van der Waals surface area contributed by atoms with E-state index in [0.717, 1.165) is 6.07 Å². The quantitative estimate of drug-likeness (QED) is 0.891. The molecule has 0 bridgehead atoms. The Bertz CT molecular complexity index is 826. The first-order chi connectivity index (χ1) is 11.9. The number of halogens is 2. The molecule has 0 aromatic heterocycles. The molecule has 2 aromatic rings. The lowest BCUT2D eigenvalue weighted by atomic mass is 10.1. The van der Waals surface area contributed by atoms with E-state index in [2.05, 4.69) is 5.32 Å². The van der Waals surface area contributed by atoms with Gasteiger partial charge in [0.25, 0.3) is 5.91 Å². The number of amides is 2. The maximum absolute atomic E-state index is 13.9. The Labute approximate surface area is 143 Å². The van der Waals surface area contributed by atoms with Crippen molar-refractivity contribution in [3.05, 3.63) is 65.2 Å². The number of primary amides is 1. The average Bonchev–Trinajstić information content (AvgIpc) is 3.03. The lowest BCUT2D eigenvalue weighted by Crippen LogP contribution is -2.37. The van der Waals surface area contributed by atoms with Gasteiger partial charge in [-0.15, -0.1) is 0 Å². The van der Waals surface area contributed by atoms with E-state index in [9.17, 15) is 18.4 Å². The van der Waals surface area contributed by atoms with Crippen molar-refractivity contribution in [3.8, 4) is 0 Å². The van der Waals surface area contributed by atoms with E-state index in [4.69, 9.17) is 5.73 Å². The second-order valence-corrected chi connectivity index (χ2v) is 5.95. The Morgan fingerprint density at radius 3 is 2.60 bits per heavy atom. The SMILES string of the molecule is NC(=O)c1cccc(C(=O)N[C@@H]2CCN(c3ccc(F)cc3F)C2)c1. The largest absolute Gasteiger partial charge is 0.367 e. The highest BCUT2D eigenvalue weighted by atomic mass is 19.1. The third kappa shape index (κ3) is 3.76. The molecule has 1 atom stereocenters. The van der Waals surface area contributed by atoms with E-state index >= 15 is 0 Å². The molecular weight excluding hydrogens is 328 g/mol. The number of nitrogens with two attached hydrogens (primary N) is 1. The van der Waals surface area contributed by atoms with Gasteiger partial charge in [0.2, 0.25) is 5.91 Å². The van der Waals surface area contributed by atoms with Crippen molar-refractivity contribution in [2.45, 2.75) is 12.5 Å². The monoisotopic (exact) mass is 345 g/mol. The van der Waals surface area contributed by atoms with Gasteiger partial charge in [0, 0.05) is 36.3 Å². The molecule has 0 unspecified atom stereocenters. The first kappa shape index (κ1) is 16.9. The fourth-order valence-corrected chi connectivity index (χ4v) is 2.92. The lowest BCUT2D eigenvalue weighted by molar-refractivity contribution is 0.0940.